The van der Waals surface area contributed by atoms with Crippen LogP contribution in [0.25, 0.3) is 0 Å². The summed E-state index contributed by atoms with van der Waals surface area (Å²) < 4.78 is 9.43. The van der Waals surface area contributed by atoms with E-state index in [4.69, 9.17) is 4.42 Å². The van der Waals surface area contributed by atoms with Crippen LogP contribution in [0.4, 0.5) is 0 Å². The Labute approximate surface area is 129 Å². The average molecular weight is 391 g/mol. The predicted octanol–water partition coefficient (Wildman–Crippen LogP) is 4.28. The highest BCUT2D eigenvalue weighted by molar-refractivity contribution is 9.10. The summed E-state index contributed by atoms with van der Waals surface area (Å²) in [5.74, 6) is 0.872. The molecule has 19 heavy (non-hydrogen) atoms. The quantitative estimate of drug-likeness (QED) is 0.828. The van der Waals surface area contributed by atoms with Gasteiger partial charge >= 0.3 is 0 Å². The molecule has 2 rings (SSSR count). The summed E-state index contributed by atoms with van der Waals surface area (Å²) in [6.45, 7) is 7.15. The van der Waals surface area contributed by atoms with Crippen LogP contribution in [0, 0.1) is 0 Å². The second kappa shape index (κ2) is 6.24. The van der Waals surface area contributed by atoms with Gasteiger partial charge in [0, 0.05) is 6.04 Å². The molecule has 1 atom stereocenters. The zero-order valence-electron chi connectivity index (χ0n) is 11.2. The zero-order valence-corrected chi connectivity index (χ0v) is 14.3. The molecule has 1 N–H and O–H groups in total. The van der Waals surface area contributed by atoms with Gasteiger partial charge in [-0.25, -0.2) is 0 Å². The van der Waals surface area contributed by atoms with E-state index in [1.54, 1.807) is 0 Å². The van der Waals surface area contributed by atoms with Gasteiger partial charge in [-0.05, 0) is 64.4 Å². The summed E-state index contributed by atoms with van der Waals surface area (Å²) in [7, 11) is 0. The van der Waals surface area contributed by atoms with E-state index in [-0.39, 0.29) is 6.04 Å². The molecular formula is C13H17Br2N3O. The van der Waals surface area contributed by atoms with Gasteiger partial charge in [-0.15, -0.1) is 0 Å². The lowest BCUT2D eigenvalue weighted by molar-refractivity contribution is 0.407. The summed E-state index contributed by atoms with van der Waals surface area (Å²) in [5, 5.41) is 7.87. The predicted molar refractivity (Wildman–Crippen MR) is 82.2 cm³/mol. The third-order valence-electron chi connectivity index (χ3n) is 2.84. The van der Waals surface area contributed by atoms with Crippen LogP contribution in [0.3, 0.4) is 0 Å². The molecule has 0 aliphatic carbocycles. The smallest absolute Gasteiger partial charge is 0.169 e. The van der Waals surface area contributed by atoms with Gasteiger partial charge in [-0.3, -0.25) is 4.68 Å². The topological polar surface area (TPSA) is 43.0 Å². The van der Waals surface area contributed by atoms with E-state index in [1.165, 1.54) is 0 Å². The van der Waals surface area contributed by atoms with E-state index in [0.29, 0.717) is 6.04 Å². The highest BCUT2D eigenvalue weighted by Gasteiger charge is 2.24. The Morgan fingerprint density at radius 3 is 2.63 bits per heavy atom. The molecule has 0 fully saturated rings. The molecule has 104 valence electrons. The van der Waals surface area contributed by atoms with Gasteiger partial charge in [0.2, 0.25) is 0 Å². The van der Waals surface area contributed by atoms with Gasteiger partial charge in [0.05, 0.1) is 16.4 Å². The lowest BCUT2D eigenvalue weighted by Crippen LogP contribution is -2.25. The third kappa shape index (κ3) is 3.12. The van der Waals surface area contributed by atoms with Crippen LogP contribution in [0.1, 0.15) is 44.3 Å². The molecule has 1 unspecified atom stereocenters. The van der Waals surface area contributed by atoms with Crippen LogP contribution < -0.4 is 5.32 Å². The SMILES string of the molecule is CCNC(c1ccc(Br)o1)c1c(Br)cnn1C(C)C. The maximum atomic E-state index is 5.70. The first-order chi connectivity index (χ1) is 9.04. The van der Waals surface area contributed by atoms with Crippen LogP contribution in [-0.2, 0) is 0 Å². The lowest BCUT2D eigenvalue weighted by Gasteiger charge is -2.20. The van der Waals surface area contributed by atoms with Crippen LogP contribution in [0.15, 0.2) is 31.9 Å². The Morgan fingerprint density at radius 2 is 2.11 bits per heavy atom. The lowest BCUT2D eigenvalue weighted by atomic mass is 10.1. The molecule has 4 nitrogen and oxygen atoms in total. The fraction of sp³-hybridized carbons (Fsp3) is 0.462. The first-order valence-corrected chi connectivity index (χ1v) is 7.84. The minimum atomic E-state index is -0.0180. The molecule has 2 aromatic heterocycles. The van der Waals surface area contributed by atoms with Crippen LogP contribution in [-0.4, -0.2) is 16.3 Å². The van der Waals surface area contributed by atoms with Crippen molar-refractivity contribution in [2.45, 2.75) is 32.9 Å². The largest absolute Gasteiger partial charge is 0.452 e. The van der Waals surface area contributed by atoms with Crippen molar-refractivity contribution >= 4 is 31.9 Å². The van der Waals surface area contributed by atoms with Gasteiger partial charge < -0.3 is 9.73 Å². The number of hydrogen-bond donors (Lipinski definition) is 1. The van der Waals surface area contributed by atoms with Gasteiger partial charge in [-0.2, -0.15) is 5.10 Å². The molecule has 0 amide bonds. The second-order valence-electron chi connectivity index (χ2n) is 4.55. The number of rotatable bonds is 5. The van der Waals surface area contributed by atoms with Crippen molar-refractivity contribution in [2.24, 2.45) is 0 Å². The Balaban J connectivity index is 2.47. The maximum absolute atomic E-state index is 5.70. The number of aromatic nitrogens is 2. The van der Waals surface area contributed by atoms with E-state index >= 15 is 0 Å². The normalized spacial score (nSPS) is 13.2. The number of nitrogens with zero attached hydrogens (tertiary/aromatic N) is 2. The van der Waals surface area contributed by atoms with Crippen molar-refractivity contribution in [1.29, 1.82) is 0 Å². The zero-order chi connectivity index (χ0) is 14.0. The molecule has 0 aliphatic heterocycles. The van der Waals surface area contributed by atoms with E-state index < -0.39 is 0 Å². The molecule has 2 aromatic rings. The standard InChI is InChI=1S/C13H17Br2N3O/c1-4-16-12(10-5-6-11(15)19-10)13-9(14)7-17-18(13)8(2)3/h5-8,12,16H,4H2,1-3H3. The molecule has 0 saturated heterocycles. The summed E-state index contributed by atoms with van der Waals surface area (Å²) in [4.78, 5) is 0. The van der Waals surface area contributed by atoms with E-state index in [9.17, 15) is 0 Å². The van der Waals surface area contributed by atoms with Gasteiger partial charge in [0.1, 0.15) is 11.8 Å². The summed E-state index contributed by atoms with van der Waals surface area (Å²) in [6.07, 6.45) is 1.83. The summed E-state index contributed by atoms with van der Waals surface area (Å²) >= 11 is 6.94. The van der Waals surface area contributed by atoms with Gasteiger partial charge in [-0.1, -0.05) is 6.92 Å². The molecule has 0 spiro atoms. The Bertz CT molecular complexity index is 548. The Hall–Kier alpha value is -0.590. The Morgan fingerprint density at radius 1 is 1.37 bits per heavy atom. The molecule has 6 heteroatoms. The summed E-state index contributed by atoms with van der Waals surface area (Å²) in [6, 6.07) is 4.15. The second-order valence-corrected chi connectivity index (χ2v) is 6.18. The van der Waals surface area contributed by atoms with Crippen molar-refractivity contribution in [3.63, 3.8) is 0 Å². The Kier molecular flexibility index (Phi) is 4.86. The fourth-order valence-corrected chi connectivity index (χ4v) is 2.87. The van der Waals surface area contributed by atoms with Crippen molar-refractivity contribution in [2.75, 3.05) is 6.54 Å². The monoisotopic (exact) mass is 389 g/mol. The number of halogens is 2. The number of nitrogens with one attached hydrogen (secondary N) is 1. The van der Waals surface area contributed by atoms with E-state index in [2.05, 4.69) is 63.0 Å². The van der Waals surface area contributed by atoms with Gasteiger partial charge in [0.25, 0.3) is 0 Å². The molecule has 0 radical (unpaired) electrons. The third-order valence-corrected chi connectivity index (χ3v) is 3.87. The molecule has 0 aromatic carbocycles. The maximum Gasteiger partial charge on any atom is 0.169 e. The van der Waals surface area contributed by atoms with Crippen LogP contribution in [0.2, 0.25) is 0 Å². The first kappa shape index (κ1) is 14.8. The molecule has 0 aliphatic rings. The van der Waals surface area contributed by atoms with Crippen LogP contribution >= 0.6 is 31.9 Å². The van der Waals surface area contributed by atoms with E-state index in [1.807, 2.05) is 23.0 Å². The number of hydrogen-bond acceptors (Lipinski definition) is 3. The van der Waals surface area contributed by atoms with Crippen LogP contribution in [0.5, 0.6) is 0 Å². The average Bonchev–Trinajstić information content (AvgIpc) is 2.93. The number of furan rings is 1. The van der Waals surface area contributed by atoms with Crippen molar-refractivity contribution in [3.8, 4) is 0 Å². The summed E-state index contributed by atoms with van der Waals surface area (Å²) in [5.41, 5.74) is 1.08. The van der Waals surface area contributed by atoms with E-state index in [0.717, 1.165) is 27.1 Å². The molecular weight excluding hydrogens is 374 g/mol. The van der Waals surface area contributed by atoms with Gasteiger partial charge in [0.15, 0.2) is 4.67 Å². The molecule has 2 heterocycles. The minimum absolute atomic E-state index is 0.0180. The first-order valence-electron chi connectivity index (χ1n) is 6.26. The van der Waals surface area contributed by atoms with Crippen molar-refractivity contribution < 1.29 is 4.42 Å². The minimum Gasteiger partial charge on any atom is -0.452 e. The molecule has 0 bridgehead atoms. The fourth-order valence-electron chi connectivity index (χ4n) is 2.05. The highest BCUT2D eigenvalue weighted by Crippen LogP contribution is 2.32. The molecule has 0 saturated carbocycles. The highest BCUT2D eigenvalue weighted by atomic mass is 79.9. The van der Waals surface area contributed by atoms with Crippen molar-refractivity contribution in [3.05, 3.63) is 38.9 Å². The van der Waals surface area contributed by atoms with Crippen molar-refractivity contribution in [1.82, 2.24) is 15.1 Å².